The number of carboxylic acid groups (broad SMARTS) is 1. The fourth-order valence-electron chi connectivity index (χ4n) is 3.26. The molecule has 2 aromatic rings. The predicted octanol–water partition coefficient (Wildman–Crippen LogP) is 0.280. The van der Waals surface area contributed by atoms with E-state index in [1.54, 1.807) is 6.20 Å². The maximum atomic E-state index is 13.1. The Labute approximate surface area is 207 Å². The number of nitrogens with two attached hydrogens (primary N) is 1. The van der Waals surface area contributed by atoms with Gasteiger partial charge in [-0.25, -0.2) is 4.79 Å². The number of para-hydroxylation sites is 1. The third-order valence-corrected chi connectivity index (χ3v) is 6.28. The van der Waals surface area contributed by atoms with Crippen LogP contribution < -0.4 is 21.7 Å². The second-order valence-electron chi connectivity index (χ2n) is 7.83. The Morgan fingerprint density at radius 2 is 1.76 bits per heavy atom. The molecule has 10 nitrogen and oxygen atoms in total. The quantitative estimate of drug-likeness (QED) is 0.190. The molecule has 186 valence electrons. The van der Waals surface area contributed by atoms with Crippen LogP contribution in [0.2, 0.25) is 0 Å². The summed E-state index contributed by atoms with van der Waals surface area (Å²) in [6.45, 7) is 1.45. The van der Waals surface area contributed by atoms with Gasteiger partial charge in [0, 0.05) is 29.3 Å². The van der Waals surface area contributed by atoms with Crippen molar-refractivity contribution >= 4 is 59.0 Å². The number of rotatable bonds is 13. The van der Waals surface area contributed by atoms with Gasteiger partial charge in [0.1, 0.15) is 18.1 Å². The lowest BCUT2D eigenvalue weighted by Gasteiger charge is -2.23. The van der Waals surface area contributed by atoms with Gasteiger partial charge in [-0.15, -0.1) is 0 Å². The number of fused-ring (bicyclic) bond motifs is 1. The second-order valence-corrected chi connectivity index (χ2v) is 9.18. The Kier molecular flexibility index (Phi) is 10.7. The zero-order valence-corrected chi connectivity index (χ0v) is 20.7. The van der Waals surface area contributed by atoms with E-state index in [4.69, 9.17) is 5.73 Å². The predicted molar refractivity (Wildman–Crippen MR) is 136 cm³/mol. The van der Waals surface area contributed by atoms with Crippen molar-refractivity contribution in [1.29, 1.82) is 0 Å². The summed E-state index contributed by atoms with van der Waals surface area (Å²) in [6.07, 6.45) is 4.00. The highest BCUT2D eigenvalue weighted by molar-refractivity contribution is 7.98. The normalized spacial score (nSPS) is 14.6. The first-order valence-corrected chi connectivity index (χ1v) is 12.7. The highest BCUT2D eigenvalue weighted by atomic mass is 32.2. The van der Waals surface area contributed by atoms with Crippen LogP contribution >= 0.6 is 24.4 Å². The number of nitrogens with one attached hydrogen (secondary N) is 4. The number of hydrogen-bond donors (Lipinski definition) is 7. The Balaban J connectivity index is 2.14. The standard InChI is InChI=1S/C22H31N5O5S2/c1-12(19(28)26-17(22(31)32)7-8-34-2)25-21(30)18(27-20(29)15(23)11-33)9-13-10-24-16-6-4-3-5-14(13)16/h3-6,10,12,15,17-18,24,33H,7-9,11,23H2,1-2H3,(H,25,30)(H,26,28)(H,27,29)(H,31,32). The van der Waals surface area contributed by atoms with E-state index in [0.29, 0.717) is 5.75 Å². The Morgan fingerprint density at radius 1 is 1.09 bits per heavy atom. The number of benzene rings is 1. The molecule has 34 heavy (non-hydrogen) atoms. The van der Waals surface area contributed by atoms with Crippen molar-refractivity contribution in [2.45, 2.75) is 43.9 Å². The molecule has 0 radical (unpaired) electrons. The molecule has 3 amide bonds. The first-order valence-electron chi connectivity index (χ1n) is 10.7. The third kappa shape index (κ3) is 7.67. The van der Waals surface area contributed by atoms with Crippen molar-refractivity contribution in [2.75, 3.05) is 17.8 Å². The summed E-state index contributed by atoms with van der Waals surface area (Å²) in [5, 5.41) is 17.9. The van der Waals surface area contributed by atoms with Crippen LogP contribution in [0.25, 0.3) is 10.9 Å². The maximum Gasteiger partial charge on any atom is 0.326 e. The van der Waals surface area contributed by atoms with E-state index in [-0.39, 0.29) is 18.6 Å². The number of thiol groups is 1. The van der Waals surface area contributed by atoms with Crippen LogP contribution in [0.15, 0.2) is 30.5 Å². The summed E-state index contributed by atoms with van der Waals surface area (Å²) in [5.41, 5.74) is 7.44. The number of aromatic nitrogens is 1. The van der Waals surface area contributed by atoms with Gasteiger partial charge < -0.3 is 31.8 Å². The smallest absolute Gasteiger partial charge is 0.326 e. The molecule has 7 N–H and O–H groups in total. The van der Waals surface area contributed by atoms with E-state index in [0.717, 1.165) is 16.5 Å². The molecule has 12 heteroatoms. The van der Waals surface area contributed by atoms with E-state index in [2.05, 4.69) is 33.6 Å². The molecule has 4 atom stereocenters. The van der Waals surface area contributed by atoms with Crippen molar-refractivity contribution < 1.29 is 24.3 Å². The van der Waals surface area contributed by atoms with Gasteiger partial charge >= 0.3 is 5.97 Å². The summed E-state index contributed by atoms with van der Waals surface area (Å²) in [7, 11) is 0. The average molecular weight is 510 g/mol. The van der Waals surface area contributed by atoms with E-state index in [1.165, 1.54) is 18.7 Å². The van der Waals surface area contributed by atoms with Crippen LogP contribution in [-0.4, -0.2) is 75.7 Å². The topological polar surface area (TPSA) is 166 Å². The number of carboxylic acids is 1. The molecular weight excluding hydrogens is 478 g/mol. The number of aliphatic carboxylic acids is 1. The summed E-state index contributed by atoms with van der Waals surface area (Å²) >= 11 is 5.49. The van der Waals surface area contributed by atoms with Crippen LogP contribution in [0.1, 0.15) is 18.9 Å². The highest BCUT2D eigenvalue weighted by Gasteiger charge is 2.28. The molecule has 4 unspecified atom stereocenters. The third-order valence-electron chi connectivity index (χ3n) is 5.24. The summed E-state index contributed by atoms with van der Waals surface area (Å²) in [5.74, 6) is -2.27. The molecule has 2 rings (SSSR count). The summed E-state index contributed by atoms with van der Waals surface area (Å²) in [4.78, 5) is 52.5. The number of amides is 3. The lowest BCUT2D eigenvalue weighted by Crippen LogP contribution is -2.57. The fraction of sp³-hybridized carbons (Fsp3) is 0.455. The second kappa shape index (κ2) is 13.3. The highest BCUT2D eigenvalue weighted by Crippen LogP contribution is 2.19. The molecule has 1 aromatic heterocycles. The Bertz CT molecular complexity index is 1010. The Hall–Kier alpha value is -2.70. The number of carbonyl (C=O) groups is 4. The van der Waals surface area contributed by atoms with Gasteiger partial charge in [-0.1, -0.05) is 18.2 Å². The molecule has 0 saturated heterocycles. The summed E-state index contributed by atoms with van der Waals surface area (Å²) in [6, 6.07) is 3.53. The van der Waals surface area contributed by atoms with E-state index in [1.807, 2.05) is 30.5 Å². The average Bonchev–Trinajstić information content (AvgIpc) is 3.22. The molecule has 0 aliphatic rings. The molecular formula is C22H31N5O5S2. The number of thioether (sulfide) groups is 1. The van der Waals surface area contributed by atoms with E-state index in [9.17, 15) is 24.3 Å². The lowest BCUT2D eigenvalue weighted by molar-refractivity contribution is -0.142. The molecule has 0 saturated carbocycles. The largest absolute Gasteiger partial charge is 0.480 e. The minimum absolute atomic E-state index is 0.0959. The molecule has 0 bridgehead atoms. The van der Waals surface area contributed by atoms with Gasteiger partial charge in [0.2, 0.25) is 17.7 Å². The molecule has 0 spiro atoms. The lowest BCUT2D eigenvalue weighted by atomic mass is 10.0. The first kappa shape index (κ1) is 27.5. The number of H-pyrrole nitrogens is 1. The van der Waals surface area contributed by atoms with E-state index < -0.39 is 47.9 Å². The Morgan fingerprint density at radius 3 is 2.41 bits per heavy atom. The fourth-order valence-corrected chi connectivity index (χ4v) is 3.90. The monoisotopic (exact) mass is 509 g/mol. The van der Waals surface area contributed by atoms with Crippen LogP contribution in [0, 0.1) is 0 Å². The zero-order chi connectivity index (χ0) is 25.3. The molecule has 0 aliphatic heterocycles. The van der Waals surface area contributed by atoms with Crippen molar-refractivity contribution in [2.24, 2.45) is 5.73 Å². The van der Waals surface area contributed by atoms with Crippen LogP contribution in [0.4, 0.5) is 0 Å². The number of carbonyl (C=O) groups excluding carboxylic acids is 3. The zero-order valence-electron chi connectivity index (χ0n) is 19.0. The summed E-state index contributed by atoms with van der Waals surface area (Å²) < 4.78 is 0. The first-order chi connectivity index (χ1) is 16.2. The molecule has 1 aromatic carbocycles. The van der Waals surface area contributed by atoms with Crippen molar-refractivity contribution in [3.63, 3.8) is 0 Å². The minimum Gasteiger partial charge on any atom is -0.480 e. The van der Waals surface area contributed by atoms with Crippen molar-refractivity contribution in [3.05, 3.63) is 36.0 Å². The van der Waals surface area contributed by atoms with Crippen LogP contribution in [-0.2, 0) is 25.6 Å². The van der Waals surface area contributed by atoms with Gasteiger partial charge in [0.25, 0.3) is 0 Å². The minimum atomic E-state index is -1.15. The van der Waals surface area contributed by atoms with Gasteiger partial charge in [-0.3, -0.25) is 14.4 Å². The van der Waals surface area contributed by atoms with E-state index >= 15 is 0 Å². The van der Waals surface area contributed by atoms with Gasteiger partial charge in [-0.05, 0) is 37.0 Å². The van der Waals surface area contributed by atoms with Crippen LogP contribution in [0.5, 0.6) is 0 Å². The van der Waals surface area contributed by atoms with Crippen LogP contribution in [0.3, 0.4) is 0 Å². The van der Waals surface area contributed by atoms with Gasteiger partial charge in [0.15, 0.2) is 0 Å². The maximum absolute atomic E-state index is 13.1. The molecule has 0 fully saturated rings. The number of hydrogen-bond acceptors (Lipinski definition) is 7. The molecule has 1 heterocycles. The van der Waals surface area contributed by atoms with Crippen molar-refractivity contribution in [3.8, 4) is 0 Å². The van der Waals surface area contributed by atoms with Crippen molar-refractivity contribution in [1.82, 2.24) is 20.9 Å². The SMILES string of the molecule is CSCCC(NC(=O)C(C)NC(=O)C(Cc1c[nH]c2ccccc12)NC(=O)C(N)CS)C(=O)O. The van der Waals surface area contributed by atoms with Gasteiger partial charge in [-0.2, -0.15) is 24.4 Å². The molecule has 0 aliphatic carbocycles. The number of aromatic amines is 1. The van der Waals surface area contributed by atoms with Gasteiger partial charge in [0.05, 0.1) is 6.04 Å².